The molecule has 1 aliphatic rings. The van der Waals surface area contributed by atoms with Crippen LogP contribution in [0.2, 0.25) is 0 Å². The van der Waals surface area contributed by atoms with Crippen LogP contribution in [0.25, 0.3) is 0 Å². The van der Waals surface area contributed by atoms with Gasteiger partial charge in [-0.05, 0) is 26.7 Å². The van der Waals surface area contributed by atoms with Crippen LogP contribution in [0.1, 0.15) is 46.0 Å². The zero-order chi connectivity index (χ0) is 9.03. The molecule has 0 radical (unpaired) electrons. The predicted molar refractivity (Wildman–Crippen MR) is 53.1 cm³/mol. The molecule has 1 rings (SSSR count). The van der Waals surface area contributed by atoms with Crippen molar-refractivity contribution in [3.8, 4) is 0 Å². The molecule has 0 spiro atoms. The van der Waals surface area contributed by atoms with E-state index in [0.29, 0.717) is 5.54 Å². The minimum atomic E-state index is 0.281. The van der Waals surface area contributed by atoms with Crippen LogP contribution < -0.4 is 11.1 Å². The molecule has 0 aromatic rings. The number of hydrogen-bond donors (Lipinski definition) is 2. The summed E-state index contributed by atoms with van der Waals surface area (Å²) in [6.07, 6.45) is 6.81. The van der Waals surface area contributed by atoms with Crippen LogP contribution in [0.4, 0.5) is 0 Å². The van der Waals surface area contributed by atoms with Crippen LogP contribution in [0.5, 0.6) is 0 Å². The Morgan fingerprint density at radius 2 is 1.92 bits per heavy atom. The molecular formula is C10H22N2. The fraction of sp³-hybridized carbons (Fsp3) is 1.00. The van der Waals surface area contributed by atoms with Crippen LogP contribution >= 0.6 is 0 Å². The molecule has 2 heteroatoms. The predicted octanol–water partition coefficient (Wildman–Crippen LogP) is 1.65. The van der Waals surface area contributed by atoms with E-state index < -0.39 is 0 Å². The van der Waals surface area contributed by atoms with Crippen molar-refractivity contribution in [2.75, 3.05) is 6.54 Å². The Kier molecular flexibility index (Phi) is 3.53. The average Bonchev–Trinajstić information content (AvgIpc) is 2.03. The van der Waals surface area contributed by atoms with E-state index in [0.717, 1.165) is 6.54 Å². The summed E-state index contributed by atoms with van der Waals surface area (Å²) in [5, 5.41) is 3.57. The van der Waals surface area contributed by atoms with Crippen molar-refractivity contribution in [2.45, 2.75) is 57.5 Å². The van der Waals surface area contributed by atoms with E-state index in [4.69, 9.17) is 5.73 Å². The second-order valence-corrected chi connectivity index (χ2v) is 4.48. The fourth-order valence-electron chi connectivity index (χ4n) is 1.92. The topological polar surface area (TPSA) is 38.0 Å². The molecule has 1 atom stereocenters. The minimum absolute atomic E-state index is 0.281. The Bertz CT molecular complexity index is 126. The molecule has 0 amide bonds. The summed E-state index contributed by atoms with van der Waals surface area (Å²) in [5.41, 5.74) is 6.09. The number of rotatable bonds is 3. The summed E-state index contributed by atoms with van der Waals surface area (Å²) < 4.78 is 0. The van der Waals surface area contributed by atoms with Crippen LogP contribution in [-0.2, 0) is 0 Å². The minimum Gasteiger partial charge on any atom is -0.327 e. The Balaban J connectivity index is 2.26. The lowest BCUT2D eigenvalue weighted by Gasteiger charge is -2.35. The van der Waals surface area contributed by atoms with Gasteiger partial charge in [-0.3, -0.25) is 0 Å². The maximum absolute atomic E-state index is 5.71. The lowest BCUT2D eigenvalue weighted by Crippen LogP contribution is -2.48. The highest BCUT2D eigenvalue weighted by Crippen LogP contribution is 2.27. The second-order valence-electron chi connectivity index (χ2n) is 4.48. The lowest BCUT2D eigenvalue weighted by atomic mass is 9.83. The molecule has 3 N–H and O–H groups in total. The monoisotopic (exact) mass is 170 g/mol. The summed E-state index contributed by atoms with van der Waals surface area (Å²) in [6, 6.07) is 0.281. The Hall–Kier alpha value is -0.0800. The summed E-state index contributed by atoms with van der Waals surface area (Å²) in [5.74, 6) is 0. The van der Waals surface area contributed by atoms with Crippen molar-refractivity contribution < 1.29 is 0 Å². The van der Waals surface area contributed by atoms with Gasteiger partial charge in [0.25, 0.3) is 0 Å². The lowest BCUT2D eigenvalue weighted by molar-refractivity contribution is 0.251. The van der Waals surface area contributed by atoms with E-state index in [1.54, 1.807) is 0 Å². The molecule has 1 fully saturated rings. The molecular weight excluding hydrogens is 148 g/mol. The maximum Gasteiger partial charge on any atom is 0.0154 e. The largest absolute Gasteiger partial charge is 0.327 e. The van der Waals surface area contributed by atoms with Gasteiger partial charge in [0.05, 0.1) is 0 Å². The Morgan fingerprint density at radius 1 is 1.33 bits per heavy atom. The molecule has 0 saturated heterocycles. The molecule has 1 saturated carbocycles. The normalized spacial score (nSPS) is 25.2. The quantitative estimate of drug-likeness (QED) is 0.676. The van der Waals surface area contributed by atoms with Crippen molar-refractivity contribution in [1.82, 2.24) is 5.32 Å². The average molecular weight is 170 g/mol. The summed E-state index contributed by atoms with van der Waals surface area (Å²) in [6.45, 7) is 5.34. The van der Waals surface area contributed by atoms with E-state index >= 15 is 0 Å². The van der Waals surface area contributed by atoms with Gasteiger partial charge >= 0.3 is 0 Å². The maximum atomic E-state index is 5.71. The van der Waals surface area contributed by atoms with E-state index in [2.05, 4.69) is 19.2 Å². The Morgan fingerprint density at radius 3 is 2.42 bits per heavy atom. The zero-order valence-electron chi connectivity index (χ0n) is 8.40. The number of nitrogens with one attached hydrogen (secondary N) is 1. The summed E-state index contributed by atoms with van der Waals surface area (Å²) in [7, 11) is 0. The first kappa shape index (κ1) is 10.0. The first-order valence-electron chi connectivity index (χ1n) is 5.13. The van der Waals surface area contributed by atoms with Crippen LogP contribution in [0.15, 0.2) is 0 Å². The second kappa shape index (κ2) is 4.24. The van der Waals surface area contributed by atoms with Gasteiger partial charge in [-0.2, -0.15) is 0 Å². The summed E-state index contributed by atoms with van der Waals surface area (Å²) >= 11 is 0. The molecule has 1 unspecified atom stereocenters. The molecule has 72 valence electrons. The van der Waals surface area contributed by atoms with Gasteiger partial charge in [-0.1, -0.05) is 19.3 Å². The molecule has 0 aromatic heterocycles. The Labute approximate surface area is 75.9 Å². The van der Waals surface area contributed by atoms with Gasteiger partial charge in [0.1, 0.15) is 0 Å². The highest BCUT2D eigenvalue weighted by Gasteiger charge is 2.25. The van der Waals surface area contributed by atoms with E-state index in [1.807, 2.05) is 0 Å². The zero-order valence-corrected chi connectivity index (χ0v) is 8.40. The molecule has 2 nitrogen and oxygen atoms in total. The van der Waals surface area contributed by atoms with E-state index in [1.165, 1.54) is 32.1 Å². The van der Waals surface area contributed by atoms with Gasteiger partial charge < -0.3 is 11.1 Å². The smallest absolute Gasteiger partial charge is 0.0154 e. The molecule has 0 heterocycles. The molecule has 0 bridgehead atoms. The SMILES string of the molecule is CC(N)CNC1(C)CCCCC1. The molecule has 1 aliphatic carbocycles. The fourth-order valence-corrected chi connectivity index (χ4v) is 1.92. The first-order valence-corrected chi connectivity index (χ1v) is 5.13. The molecule has 12 heavy (non-hydrogen) atoms. The number of nitrogens with two attached hydrogens (primary N) is 1. The third kappa shape index (κ3) is 3.11. The van der Waals surface area contributed by atoms with Crippen molar-refractivity contribution >= 4 is 0 Å². The first-order chi connectivity index (χ1) is 5.62. The van der Waals surface area contributed by atoms with Gasteiger partial charge in [0.15, 0.2) is 0 Å². The number of hydrogen-bond acceptors (Lipinski definition) is 2. The standard InChI is InChI=1S/C10H22N2/c1-9(11)8-12-10(2)6-4-3-5-7-10/h9,12H,3-8,11H2,1-2H3. The van der Waals surface area contributed by atoms with Gasteiger partial charge in [-0.25, -0.2) is 0 Å². The third-order valence-corrected chi connectivity index (χ3v) is 2.81. The van der Waals surface area contributed by atoms with E-state index in [9.17, 15) is 0 Å². The molecule has 0 aliphatic heterocycles. The summed E-state index contributed by atoms with van der Waals surface area (Å²) in [4.78, 5) is 0. The highest BCUT2D eigenvalue weighted by atomic mass is 15.0. The third-order valence-electron chi connectivity index (χ3n) is 2.81. The van der Waals surface area contributed by atoms with Crippen molar-refractivity contribution in [3.05, 3.63) is 0 Å². The van der Waals surface area contributed by atoms with Crippen molar-refractivity contribution in [3.63, 3.8) is 0 Å². The van der Waals surface area contributed by atoms with E-state index in [-0.39, 0.29) is 6.04 Å². The van der Waals surface area contributed by atoms with Gasteiger partial charge in [0, 0.05) is 18.1 Å². The van der Waals surface area contributed by atoms with Crippen LogP contribution in [-0.4, -0.2) is 18.1 Å². The van der Waals surface area contributed by atoms with Gasteiger partial charge in [0.2, 0.25) is 0 Å². The highest BCUT2D eigenvalue weighted by molar-refractivity contribution is 4.86. The van der Waals surface area contributed by atoms with Crippen LogP contribution in [0, 0.1) is 0 Å². The van der Waals surface area contributed by atoms with Crippen LogP contribution in [0.3, 0.4) is 0 Å². The van der Waals surface area contributed by atoms with Gasteiger partial charge in [-0.15, -0.1) is 0 Å². The van der Waals surface area contributed by atoms with Crippen molar-refractivity contribution in [1.29, 1.82) is 0 Å². The molecule has 0 aromatic carbocycles. The van der Waals surface area contributed by atoms with Crippen molar-refractivity contribution in [2.24, 2.45) is 5.73 Å².